The van der Waals surface area contributed by atoms with Crippen molar-refractivity contribution in [2.75, 3.05) is 13.7 Å². The normalized spacial score (nSPS) is 10.0. The highest BCUT2D eigenvalue weighted by Gasteiger charge is 2.11. The highest BCUT2D eigenvalue weighted by Crippen LogP contribution is 2.12. The van der Waals surface area contributed by atoms with E-state index < -0.39 is 0 Å². The molecule has 3 nitrogen and oxygen atoms in total. The zero-order valence-electron chi connectivity index (χ0n) is 8.33. The van der Waals surface area contributed by atoms with E-state index >= 15 is 0 Å². The summed E-state index contributed by atoms with van der Waals surface area (Å²) < 4.78 is 5.56. The van der Waals surface area contributed by atoms with E-state index in [9.17, 15) is 9.59 Å². The molecule has 0 aromatic heterocycles. The second kappa shape index (κ2) is 5.78. The average molecular weight is 271 g/mol. The van der Waals surface area contributed by atoms with Crippen LogP contribution in [0, 0.1) is 0 Å². The van der Waals surface area contributed by atoms with Gasteiger partial charge < -0.3 is 4.74 Å². The molecule has 0 aliphatic rings. The van der Waals surface area contributed by atoms with Gasteiger partial charge in [0.15, 0.2) is 11.6 Å². The number of hydrogen-bond acceptors (Lipinski definition) is 3. The van der Waals surface area contributed by atoms with Crippen molar-refractivity contribution in [2.24, 2.45) is 0 Å². The third kappa shape index (κ3) is 3.93. The molecule has 0 fully saturated rings. The average Bonchev–Trinajstić information content (AvgIpc) is 2.18. The lowest BCUT2D eigenvalue weighted by atomic mass is 10.1. The number of ketones is 2. The van der Waals surface area contributed by atoms with Crippen molar-refractivity contribution in [3.63, 3.8) is 0 Å². The number of rotatable bonds is 5. The third-order valence-corrected chi connectivity index (χ3v) is 2.36. The number of halogens is 1. The van der Waals surface area contributed by atoms with Crippen LogP contribution in [-0.4, -0.2) is 25.3 Å². The molecule has 0 aliphatic carbocycles. The first kappa shape index (κ1) is 12.1. The minimum Gasteiger partial charge on any atom is -0.377 e. The predicted molar refractivity (Wildman–Crippen MR) is 60.0 cm³/mol. The Bertz CT molecular complexity index is 357. The fraction of sp³-hybridized carbons (Fsp3) is 0.273. The fourth-order valence-electron chi connectivity index (χ4n) is 1.13. The standard InChI is InChI=1S/C11H11BrO3/c1-15-7-10(13)6-11(14)8-2-4-9(12)5-3-8/h2-5H,6-7H2,1H3. The molecule has 1 rings (SSSR count). The van der Waals surface area contributed by atoms with Crippen LogP contribution < -0.4 is 0 Å². The Morgan fingerprint density at radius 1 is 1.27 bits per heavy atom. The first-order valence-corrected chi connectivity index (χ1v) is 5.22. The number of carbonyl (C=O) groups excluding carboxylic acids is 2. The molecule has 0 saturated heterocycles. The molecular formula is C11H11BrO3. The van der Waals surface area contributed by atoms with E-state index in [0.717, 1.165) is 4.47 Å². The maximum atomic E-state index is 11.5. The molecule has 0 saturated carbocycles. The summed E-state index contributed by atoms with van der Waals surface area (Å²) in [6.07, 6.45) is -0.102. The monoisotopic (exact) mass is 270 g/mol. The summed E-state index contributed by atoms with van der Waals surface area (Å²) >= 11 is 3.27. The Hall–Kier alpha value is -1.000. The SMILES string of the molecule is COCC(=O)CC(=O)c1ccc(Br)cc1. The lowest BCUT2D eigenvalue weighted by Crippen LogP contribution is -2.12. The third-order valence-electron chi connectivity index (χ3n) is 1.83. The van der Waals surface area contributed by atoms with E-state index in [1.807, 2.05) is 0 Å². The van der Waals surface area contributed by atoms with Crippen LogP contribution in [0.1, 0.15) is 16.8 Å². The maximum absolute atomic E-state index is 11.5. The molecule has 0 atom stereocenters. The lowest BCUT2D eigenvalue weighted by Gasteiger charge is -2.00. The van der Waals surface area contributed by atoms with Gasteiger partial charge in [0, 0.05) is 17.1 Å². The largest absolute Gasteiger partial charge is 0.377 e. The van der Waals surface area contributed by atoms with E-state index in [1.165, 1.54) is 7.11 Å². The Labute approximate surface area is 96.6 Å². The van der Waals surface area contributed by atoms with Crippen molar-refractivity contribution in [1.29, 1.82) is 0 Å². The van der Waals surface area contributed by atoms with Gasteiger partial charge in [-0.25, -0.2) is 0 Å². The smallest absolute Gasteiger partial charge is 0.170 e. The molecular weight excluding hydrogens is 260 g/mol. The van der Waals surface area contributed by atoms with Gasteiger partial charge in [0.25, 0.3) is 0 Å². The molecule has 80 valence electrons. The van der Waals surface area contributed by atoms with Crippen LogP contribution in [0.4, 0.5) is 0 Å². The summed E-state index contributed by atoms with van der Waals surface area (Å²) in [4.78, 5) is 22.7. The molecule has 0 bridgehead atoms. The molecule has 1 aromatic carbocycles. The highest BCUT2D eigenvalue weighted by atomic mass is 79.9. The Kier molecular flexibility index (Phi) is 4.65. The molecule has 15 heavy (non-hydrogen) atoms. The Morgan fingerprint density at radius 3 is 2.40 bits per heavy atom. The van der Waals surface area contributed by atoms with E-state index in [0.29, 0.717) is 5.56 Å². The molecule has 0 unspecified atom stereocenters. The minimum atomic E-state index is -0.203. The van der Waals surface area contributed by atoms with Gasteiger partial charge in [0.2, 0.25) is 0 Å². The predicted octanol–water partition coefficient (Wildman–Crippen LogP) is 2.24. The summed E-state index contributed by atoms with van der Waals surface area (Å²) in [7, 11) is 1.43. The van der Waals surface area contributed by atoms with E-state index in [1.54, 1.807) is 24.3 Å². The van der Waals surface area contributed by atoms with E-state index in [4.69, 9.17) is 0 Å². The highest BCUT2D eigenvalue weighted by molar-refractivity contribution is 9.10. The van der Waals surface area contributed by atoms with Crippen molar-refractivity contribution in [2.45, 2.75) is 6.42 Å². The molecule has 0 spiro atoms. The van der Waals surface area contributed by atoms with E-state index in [2.05, 4.69) is 20.7 Å². The molecule has 0 amide bonds. The number of carbonyl (C=O) groups is 2. The Balaban J connectivity index is 2.61. The topological polar surface area (TPSA) is 43.4 Å². The minimum absolute atomic E-state index is 0.0116. The van der Waals surface area contributed by atoms with Gasteiger partial charge in [-0.2, -0.15) is 0 Å². The van der Waals surface area contributed by atoms with Gasteiger partial charge in [0.1, 0.15) is 6.61 Å². The van der Waals surface area contributed by atoms with Crippen LogP contribution in [0.15, 0.2) is 28.7 Å². The lowest BCUT2D eigenvalue weighted by molar-refractivity contribution is -0.121. The molecule has 1 aromatic rings. The second-order valence-electron chi connectivity index (χ2n) is 3.08. The van der Waals surface area contributed by atoms with Crippen molar-refractivity contribution in [1.82, 2.24) is 0 Å². The van der Waals surface area contributed by atoms with Crippen molar-refractivity contribution in [3.8, 4) is 0 Å². The Morgan fingerprint density at radius 2 is 1.87 bits per heavy atom. The van der Waals surface area contributed by atoms with Gasteiger partial charge >= 0.3 is 0 Å². The van der Waals surface area contributed by atoms with Gasteiger partial charge in [-0.1, -0.05) is 28.1 Å². The summed E-state index contributed by atoms with van der Waals surface area (Å²) in [5.74, 6) is -0.380. The van der Waals surface area contributed by atoms with Crippen LogP contribution in [0.3, 0.4) is 0 Å². The summed E-state index contributed by atoms with van der Waals surface area (Å²) in [5, 5.41) is 0. The first-order valence-electron chi connectivity index (χ1n) is 4.43. The van der Waals surface area contributed by atoms with Crippen LogP contribution in [-0.2, 0) is 9.53 Å². The van der Waals surface area contributed by atoms with Gasteiger partial charge in [-0.3, -0.25) is 9.59 Å². The maximum Gasteiger partial charge on any atom is 0.170 e. The molecule has 0 heterocycles. The summed E-state index contributed by atoms with van der Waals surface area (Å²) in [6, 6.07) is 6.92. The van der Waals surface area contributed by atoms with Crippen LogP contribution in [0.5, 0.6) is 0 Å². The first-order chi connectivity index (χ1) is 7.13. The second-order valence-corrected chi connectivity index (χ2v) is 3.99. The summed E-state index contributed by atoms with van der Waals surface area (Å²) in [5.41, 5.74) is 0.544. The molecule has 0 radical (unpaired) electrons. The van der Waals surface area contributed by atoms with Crippen LogP contribution in [0.2, 0.25) is 0 Å². The number of hydrogen-bond donors (Lipinski definition) is 0. The van der Waals surface area contributed by atoms with Crippen molar-refractivity contribution < 1.29 is 14.3 Å². The molecule has 0 N–H and O–H groups in total. The van der Waals surface area contributed by atoms with Crippen LogP contribution >= 0.6 is 15.9 Å². The molecule has 0 aliphatic heterocycles. The zero-order chi connectivity index (χ0) is 11.3. The number of Topliss-reactive ketones (excluding diaryl/α,β-unsaturated/α-hetero) is 2. The zero-order valence-corrected chi connectivity index (χ0v) is 9.91. The number of methoxy groups -OCH3 is 1. The number of benzene rings is 1. The van der Waals surface area contributed by atoms with Crippen molar-refractivity contribution in [3.05, 3.63) is 34.3 Å². The quantitative estimate of drug-likeness (QED) is 0.609. The van der Waals surface area contributed by atoms with Crippen LogP contribution in [0.25, 0.3) is 0 Å². The van der Waals surface area contributed by atoms with Crippen molar-refractivity contribution >= 4 is 27.5 Å². The van der Waals surface area contributed by atoms with E-state index in [-0.39, 0.29) is 24.6 Å². The summed E-state index contributed by atoms with van der Waals surface area (Å²) in [6.45, 7) is -0.0116. The molecule has 4 heteroatoms. The van der Waals surface area contributed by atoms with Gasteiger partial charge in [0.05, 0.1) is 6.42 Å². The van der Waals surface area contributed by atoms with Gasteiger partial charge in [-0.15, -0.1) is 0 Å². The number of ether oxygens (including phenoxy) is 1. The fourth-order valence-corrected chi connectivity index (χ4v) is 1.39. The van der Waals surface area contributed by atoms with Gasteiger partial charge in [-0.05, 0) is 12.1 Å².